The van der Waals surface area contributed by atoms with Crippen LogP contribution in [0.1, 0.15) is 13.8 Å². The molecule has 1 aliphatic heterocycles. The molecule has 0 aromatic heterocycles. The number of methoxy groups -OCH3 is 1. The Balaban J connectivity index is 2.56. The summed E-state index contributed by atoms with van der Waals surface area (Å²) in [6.45, 7) is 3.46. The smallest absolute Gasteiger partial charge is 0.174 e. The van der Waals surface area contributed by atoms with Gasteiger partial charge in [-0.05, 0) is 19.1 Å². The fourth-order valence-electron chi connectivity index (χ4n) is 2.29. The standard InChI is InChI=1S/C13H14ClNO2/c1-8(16)12-13(2)6-4-5-10(17-3)9(13)7-11(14)15-12/h4-7,11H,1-3H3. The number of Topliss-reactive ketones (excluding diaryl/α,β-unsaturated/α-hetero) is 1. The van der Waals surface area contributed by atoms with Gasteiger partial charge in [-0.3, -0.25) is 9.79 Å². The van der Waals surface area contributed by atoms with Gasteiger partial charge in [0.25, 0.3) is 0 Å². The minimum absolute atomic E-state index is 0.0641. The molecular weight excluding hydrogens is 238 g/mol. The third-order valence-electron chi connectivity index (χ3n) is 3.10. The molecule has 1 aliphatic carbocycles. The van der Waals surface area contributed by atoms with Crippen LogP contribution < -0.4 is 0 Å². The number of nitrogens with zero attached hydrogens (tertiary/aromatic N) is 1. The summed E-state index contributed by atoms with van der Waals surface area (Å²) < 4.78 is 5.32. The van der Waals surface area contributed by atoms with E-state index in [1.165, 1.54) is 6.92 Å². The van der Waals surface area contributed by atoms with Crippen LogP contribution in [0.25, 0.3) is 0 Å². The Morgan fingerprint density at radius 3 is 2.88 bits per heavy atom. The van der Waals surface area contributed by atoms with Crippen LogP contribution in [-0.2, 0) is 9.53 Å². The number of hydrogen-bond acceptors (Lipinski definition) is 3. The second-order valence-corrected chi connectivity index (χ2v) is 4.73. The van der Waals surface area contributed by atoms with Crippen molar-refractivity contribution in [1.29, 1.82) is 0 Å². The topological polar surface area (TPSA) is 38.7 Å². The maximum Gasteiger partial charge on any atom is 0.174 e. The van der Waals surface area contributed by atoms with E-state index < -0.39 is 10.9 Å². The quantitative estimate of drug-likeness (QED) is 0.559. The molecule has 1 heterocycles. The summed E-state index contributed by atoms with van der Waals surface area (Å²) >= 11 is 6.04. The van der Waals surface area contributed by atoms with Gasteiger partial charge in [0, 0.05) is 12.5 Å². The molecule has 0 saturated carbocycles. The van der Waals surface area contributed by atoms with E-state index in [9.17, 15) is 4.79 Å². The second kappa shape index (κ2) is 4.15. The first-order chi connectivity index (χ1) is 7.99. The number of carbonyl (C=O) groups is 1. The van der Waals surface area contributed by atoms with Gasteiger partial charge in [0.05, 0.1) is 18.2 Å². The van der Waals surface area contributed by atoms with Crippen molar-refractivity contribution in [3.05, 3.63) is 35.6 Å². The average Bonchev–Trinajstić information content (AvgIpc) is 2.28. The molecule has 0 N–H and O–H groups in total. The van der Waals surface area contributed by atoms with Crippen LogP contribution in [0.15, 0.2) is 40.6 Å². The lowest BCUT2D eigenvalue weighted by molar-refractivity contribution is -0.111. The number of dihydropyridines is 1. The summed E-state index contributed by atoms with van der Waals surface area (Å²) in [6, 6.07) is 0. The Morgan fingerprint density at radius 2 is 2.29 bits per heavy atom. The highest BCUT2D eigenvalue weighted by molar-refractivity contribution is 6.43. The summed E-state index contributed by atoms with van der Waals surface area (Å²) in [6.07, 6.45) is 7.51. The number of aliphatic imine (C=N–C) groups is 1. The highest BCUT2D eigenvalue weighted by atomic mass is 35.5. The van der Waals surface area contributed by atoms with E-state index in [2.05, 4.69) is 4.99 Å². The van der Waals surface area contributed by atoms with Crippen molar-refractivity contribution in [3.8, 4) is 0 Å². The van der Waals surface area contributed by atoms with Gasteiger partial charge in [0.15, 0.2) is 5.78 Å². The Kier molecular flexibility index (Phi) is 2.96. The number of allylic oxidation sites excluding steroid dienone is 4. The third kappa shape index (κ3) is 1.84. The lowest BCUT2D eigenvalue weighted by Gasteiger charge is -2.35. The van der Waals surface area contributed by atoms with Gasteiger partial charge in [-0.2, -0.15) is 0 Å². The summed E-state index contributed by atoms with van der Waals surface area (Å²) in [5, 5.41) is 0. The molecule has 0 radical (unpaired) electrons. The molecule has 2 atom stereocenters. The molecule has 0 amide bonds. The first kappa shape index (κ1) is 12.1. The fourth-order valence-corrected chi connectivity index (χ4v) is 2.52. The van der Waals surface area contributed by atoms with E-state index in [-0.39, 0.29) is 5.78 Å². The lowest BCUT2D eigenvalue weighted by Crippen LogP contribution is -2.38. The molecule has 0 spiro atoms. The minimum Gasteiger partial charge on any atom is -0.496 e. The molecule has 0 aromatic rings. The first-order valence-corrected chi connectivity index (χ1v) is 5.82. The summed E-state index contributed by atoms with van der Waals surface area (Å²) in [5.74, 6) is 0.667. The number of hydrogen-bond donors (Lipinski definition) is 0. The highest BCUT2D eigenvalue weighted by Gasteiger charge is 2.41. The molecular formula is C13H14ClNO2. The van der Waals surface area contributed by atoms with Crippen molar-refractivity contribution >= 4 is 23.1 Å². The van der Waals surface area contributed by atoms with Crippen molar-refractivity contribution in [1.82, 2.24) is 0 Å². The van der Waals surface area contributed by atoms with Crippen molar-refractivity contribution in [2.75, 3.05) is 7.11 Å². The molecule has 4 heteroatoms. The van der Waals surface area contributed by atoms with E-state index in [0.717, 1.165) is 11.3 Å². The van der Waals surface area contributed by atoms with Gasteiger partial charge in [-0.15, -0.1) is 0 Å². The van der Waals surface area contributed by atoms with Crippen molar-refractivity contribution in [2.45, 2.75) is 19.3 Å². The molecule has 2 rings (SSSR count). The molecule has 2 unspecified atom stereocenters. The van der Waals surface area contributed by atoms with E-state index in [1.54, 1.807) is 7.11 Å². The predicted molar refractivity (Wildman–Crippen MR) is 68.2 cm³/mol. The maximum atomic E-state index is 11.7. The van der Waals surface area contributed by atoms with E-state index >= 15 is 0 Å². The monoisotopic (exact) mass is 251 g/mol. The minimum atomic E-state index is -0.530. The molecule has 17 heavy (non-hydrogen) atoms. The lowest BCUT2D eigenvalue weighted by atomic mass is 9.71. The molecule has 3 nitrogen and oxygen atoms in total. The number of alkyl halides is 1. The molecule has 90 valence electrons. The maximum absolute atomic E-state index is 11.7. The van der Waals surface area contributed by atoms with Gasteiger partial charge < -0.3 is 4.74 Å². The highest BCUT2D eigenvalue weighted by Crippen LogP contribution is 2.42. The Hall–Kier alpha value is -1.35. The van der Waals surface area contributed by atoms with Gasteiger partial charge in [-0.25, -0.2) is 0 Å². The van der Waals surface area contributed by atoms with Crippen LogP contribution in [0.2, 0.25) is 0 Å². The van der Waals surface area contributed by atoms with E-state index in [0.29, 0.717) is 5.71 Å². The average molecular weight is 252 g/mol. The van der Waals surface area contributed by atoms with Crippen molar-refractivity contribution < 1.29 is 9.53 Å². The normalized spacial score (nSPS) is 31.1. The second-order valence-electron chi connectivity index (χ2n) is 4.28. The number of ether oxygens (including phenoxy) is 1. The predicted octanol–water partition coefficient (Wildman–Crippen LogP) is 2.63. The number of rotatable bonds is 2. The van der Waals surface area contributed by atoms with Crippen molar-refractivity contribution in [3.63, 3.8) is 0 Å². The van der Waals surface area contributed by atoms with Crippen LogP contribution in [-0.4, -0.2) is 24.1 Å². The van der Waals surface area contributed by atoms with Crippen LogP contribution in [0.4, 0.5) is 0 Å². The summed E-state index contributed by atoms with van der Waals surface area (Å²) in [7, 11) is 1.61. The van der Waals surface area contributed by atoms with E-state index in [1.807, 2.05) is 31.2 Å². The van der Waals surface area contributed by atoms with Crippen LogP contribution in [0, 0.1) is 5.41 Å². The van der Waals surface area contributed by atoms with Crippen molar-refractivity contribution in [2.24, 2.45) is 10.4 Å². The Morgan fingerprint density at radius 1 is 1.59 bits per heavy atom. The Bertz CT molecular complexity index is 488. The SMILES string of the molecule is COC1=CC=CC2(C)C1=CC(Cl)N=C2C(C)=O. The van der Waals surface area contributed by atoms with Crippen LogP contribution >= 0.6 is 11.6 Å². The number of halogens is 1. The van der Waals surface area contributed by atoms with Gasteiger partial charge >= 0.3 is 0 Å². The van der Waals surface area contributed by atoms with E-state index in [4.69, 9.17) is 16.3 Å². The number of fused-ring (bicyclic) bond motifs is 1. The largest absolute Gasteiger partial charge is 0.496 e. The summed E-state index contributed by atoms with van der Waals surface area (Å²) in [4.78, 5) is 15.9. The number of carbonyl (C=O) groups excluding carboxylic acids is 1. The Labute approximate surface area is 106 Å². The van der Waals surface area contributed by atoms with Gasteiger partial charge in [-0.1, -0.05) is 23.8 Å². The molecule has 2 aliphatic rings. The zero-order chi connectivity index (χ0) is 12.6. The molecule has 0 fully saturated rings. The molecule has 0 aromatic carbocycles. The third-order valence-corrected chi connectivity index (χ3v) is 3.33. The molecule has 0 bridgehead atoms. The zero-order valence-corrected chi connectivity index (χ0v) is 10.8. The van der Waals surface area contributed by atoms with Crippen LogP contribution in [0.5, 0.6) is 0 Å². The zero-order valence-electron chi connectivity index (χ0n) is 10.0. The van der Waals surface area contributed by atoms with Gasteiger partial charge in [0.1, 0.15) is 11.3 Å². The molecule has 0 saturated heterocycles. The first-order valence-electron chi connectivity index (χ1n) is 5.38. The fraction of sp³-hybridized carbons (Fsp3) is 0.385. The van der Waals surface area contributed by atoms with Crippen LogP contribution in [0.3, 0.4) is 0 Å². The van der Waals surface area contributed by atoms with Gasteiger partial charge in [0.2, 0.25) is 0 Å². The number of ketones is 1. The summed E-state index contributed by atoms with van der Waals surface area (Å²) in [5.41, 5.74) is 0.343.